The number of aromatic nitrogens is 3. The van der Waals surface area contributed by atoms with Gasteiger partial charge in [0.2, 0.25) is 11.9 Å². The van der Waals surface area contributed by atoms with Crippen molar-refractivity contribution in [2.75, 3.05) is 5.73 Å². The quantitative estimate of drug-likeness (QED) is 0.553. The minimum absolute atomic E-state index is 0.0502. The first-order chi connectivity index (χ1) is 13.3. The maximum Gasteiger partial charge on any atom is 0.245 e. The van der Waals surface area contributed by atoms with E-state index in [0.717, 1.165) is 42.1 Å². The monoisotopic (exact) mass is 361 g/mol. The van der Waals surface area contributed by atoms with Gasteiger partial charge in [-0.3, -0.25) is 4.68 Å². The molecule has 6 heteroatoms. The van der Waals surface area contributed by atoms with E-state index in [1.807, 2.05) is 41.1 Å². The number of benzene rings is 1. The van der Waals surface area contributed by atoms with Crippen LogP contribution in [0, 0.1) is 6.57 Å². The lowest BCUT2D eigenvalue weighted by molar-refractivity contribution is 0.298. The second-order valence-electron chi connectivity index (χ2n) is 7.02. The van der Waals surface area contributed by atoms with E-state index in [1.165, 1.54) is 6.42 Å². The fourth-order valence-corrected chi connectivity index (χ4v) is 3.88. The molecule has 4 rings (SSSR count). The molecule has 1 aliphatic carbocycles. The molecule has 0 aliphatic heterocycles. The van der Waals surface area contributed by atoms with Crippen molar-refractivity contribution in [1.29, 1.82) is 0 Å². The van der Waals surface area contributed by atoms with E-state index in [2.05, 4.69) is 14.9 Å². The zero-order valence-electron chi connectivity index (χ0n) is 15.2. The van der Waals surface area contributed by atoms with E-state index in [4.69, 9.17) is 17.0 Å². The van der Waals surface area contributed by atoms with E-state index in [9.17, 15) is 0 Å². The predicted octanol–water partition coefficient (Wildman–Crippen LogP) is 4.39. The Hall–Kier alpha value is -3.07. The van der Waals surface area contributed by atoms with Crippen LogP contribution in [-0.2, 0) is 6.61 Å². The third-order valence-electron chi connectivity index (χ3n) is 5.25. The van der Waals surface area contributed by atoms with Crippen molar-refractivity contribution in [1.82, 2.24) is 14.8 Å². The van der Waals surface area contributed by atoms with E-state index in [-0.39, 0.29) is 12.1 Å². The van der Waals surface area contributed by atoms with Gasteiger partial charge < -0.3 is 15.3 Å². The molecule has 2 N–H and O–H groups in total. The first-order valence-electron chi connectivity index (χ1n) is 9.44. The Morgan fingerprint density at radius 1 is 1.15 bits per heavy atom. The molecule has 3 aromatic rings. The van der Waals surface area contributed by atoms with Crippen molar-refractivity contribution in [3.63, 3.8) is 0 Å². The van der Waals surface area contributed by atoms with Crippen LogP contribution in [0.3, 0.4) is 0 Å². The van der Waals surface area contributed by atoms with Gasteiger partial charge in [0.05, 0.1) is 5.52 Å². The summed E-state index contributed by atoms with van der Waals surface area (Å²) in [5.41, 5.74) is 8.21. The fraction of sp³-hybridized carbons (Fsp3) is 0.381. The van der Waals surface area contributed by atoms with Crippen LogP contribution >= 0.6 is 0 Å². The lowest BCUT2D eigenvalue weighted by Gasteiger charge is -2.17. The molecule has 0 radical (unpaired) electrons. The van der Waals surface area contributed by atoms with Gasteiger partial charge in [-0.05, 0) is 24.5 Å². The molecule has 27 heavy (non-hydrogen) atoms. The largest absolute Gasteiger partial charge is 0.472 e. The van der Waals surface area contributed by atoms with Crippen molar-refractivity contribution in [2.24, 2.45) is 0 Å². The summed E-state index contributed by atoms with van der Waals surface area (Å²) < 4.78 is 7.90. The van der Waals surface area contributed by atoms with Crippen LogP contribution in [0.4, 0.5) is 5.82 Å². The molecule has 1 aliphatic rings. The summed E-state index contributed by atoms with van der Waals surface area (Å²) in [4.78, 5) is 8.26. The molecule has 0 bridgehead atoms. The highest BCUT2D eigenvalue weighted by atomic mass is 16.5. The number of hydrogen-bond acceptors (Lipinski definition) is 4. The molecule has 138 valence electrons. The molecule has 2 unspecified atom stereocenters. The number of rotatable bonds is 4. The van der Waals surface area contributed by atoms with Crippen molar-refractivity contribution in [2.45, 2.75) is 50.8 Å². The second kappa shape index (κ2) is 7.67. The Morgan fingerprint density at radius 3 is 2.78 bits per heavy atom. The second-order valence-corrected chi connectivity index (χ2v) is 7.02. The molecule has 1 aromatic carbocycles. The van der Waals surface area contributed by atoms with Crippen LogP contribution in [0.5, 0.6) is 5.88 Å². The summed E-state index contributed by atoms with van der Waals surface area (Å²) in [7, 11) is 0. The van der Waals surface area contributed by atoms with Gasteiger partial charge >= 0.3 is 0 Å². The van der Waals surface area contributed by atoms with Crippen LogP contribution in [0.1, 0.15) is 43.7 Å². The maximum atomic E-state index is 7.61. The van der Waals surface area contributed by atoms with Gasteiger partial charge in [-0.15, -0.1) is 0 Å². The molecule has 2 atom stereocenters. The van der Waals surface area contributed by atoms with Crippen molar-refractivity contribution < 1.29 is 4.74 Å². The fourth-order valence-electron chi connectivity index (χ4n) is 3.88. The molecule has 0 amide bonds. The topological polar surface area (TPSA) is 70.3 Å². The normalized spacial score (nSPS) is 20.1. The molecular weight excluding hydrogens is 338 g/mol. The van der Waals surface area contributed by atoms with Crippen molar-refractivity contribution in [3.05, 3.63) is 59.6 Å². The van der Waals surface area contributed by atoms with Gasteiger partial charge in [0.1, 0.15) is 18.0 Å². The number of nitrogens with zero attached hydrogens (tertiary/aromatic N) is 4. The molecule has 1 fully saturated rings. The third kappa shape index (κ3) is 3.45. The third-order valence-corrected chi connectivity index (χ3v) is 5.25. The molecule has 2 heterocycles. The van der Waals surface area contributed by atoms with Crippen LogP contribution in [0.25, 0.3) is 15.7 Å². The van der Waals surface area contributed by atoms with Gasteiger partial charge in [0, 0.05) is 12.6 Å². The van der Waals surface area contributed by atoms with Crippen molar-refractivity contribution >= 4 is 16.7 Å². The molecule has 0 spiro atoms. The summed E-state index contributed by atoms with van der Waals surface area (Å²) in [6.45, 7) is 8.03. The smallest absolute Gasteiger partial charge is 0.245 e. The lowest BCUT2D eigenvalue weighted by Crippen LogP contribution is -2.21. The van der Waals surface area contributed by atoms with Gasteiger partial charge in [-0.1, -0.05) is 43.2 Å². The zero-order valence-corrected chi connectivity index (χ0v) is 15.2. The van der Waals surface area contributed by atoms with Gasteiger partial charge in [-0.2, -0.15) is 5.10 Å². The lowest BCUT2D eigenvalue weighted by atomic mass is 10.0. The Kier molecular flexibility index (Phi) is 4.93. The number of ether oxygens (including phenoxy) is 1. The predicted molar refractivity (Wildman–Crippen MR) is 105 cm³/mol. The first kappa shape index (κ1) is 17.3. The Labute approximate surface area is 158 Å². The van der Waals surface area contributed by atoms with Crippen molar-refractivity contribution in [3.8, 4) is 5.88 Å². The van der Waals surface area contributed by atoms with Gasteiger partial charge in [-0.25, -0.2) is 11.6 Å². The number of hydrogen-bond donors (Lipinski definition) is 1. The Balaban J connectivity index is 1.69. The summed E-state index contributed by atoms with van der Waals surface area (Å²) in [6, 6.07) is 11.9. The van der Waals surface area contributed by atoms with Crippen LogP contribution in [-0.4, -0.2) is 20.8 Å². The average molecular weight is 361 g/mol. The van der Waals surface area contributed by atoms with Crippen LogP contribution < -0.4 is 10.5 Å². The van der Waals surface area contributed by atoms with Gasteiger partial charge in [0.25, 0.3) is 0 Å². The SMILES string of the molecule is [C-]#[N+]C1CCCCCC1n1nc(N)c2c(OCc3ccccc3)nccc21. The average Bonchev–Trinajstić information content (AvgIpc) is 2.89. The number of nitrogen functional groups attached to an aromatic ring is 1. The molecule has 0 saturated heterocycles. The minimum atomic E-state index is -0.0585. The standard InChI is InChI=1S/C21H23N5O/c1-23-16-10-6-3-7-11-17(16)26-18-12-13-24-21(19(18)20(22)25-26)27-14-15-8-4-2-5-9-15/h2,4-5,8-9,12-13,16-17H,3,6-7,10-11,14H2,(H2,22,25). The molecule has 1 saturated carbocycles. The zero-order chi connectivity index (χ0) is 18.6. The highest BCUT2D eigenvalue weighted by molar-refractivity contribution is 5.93. The molecular formula is C21H23N5O. The highest BCUT2D eigenvalue weighted by Crippen LogP contribution is 2.36. The number of anilines is 1. The van der Waals surface area contributed by atoms with E-state index >= 15 is 0 Å². The van der Waals surface area contributed by atoms with Crippen LogP contribution in [0.15, 0.2) is 42.6 Å². The minimum Gasteiger partial charge on any atom is -0.472 e. The Bertz CT molecular complexity index is 960. The number of fused-ring (bicyclic) bond motifs is 1. The first-order valence-corrected chi connectivity index (χ1v) is 9.44. The molecule has 2 aromatic heterocycles. The summed E-state index contributed by atoms with van der Waals surface area (Å²) in [5.74, 6) is 0.905. The number of nitrogens with two attached hydrogens (primary N) is 1. The van der Waals surface area contributed by atoms with Crippen LogP contribution in [0.2, 0.25) is 0 Å². The van der Waals surface area contributed by atoms with Gasteiger partial charge in [0.15, 0.2) is 5.82 Å². The maximum absolute atomic E-state index is 7.61. The highest BCUT2D eigenvalue weighted by Gasteiger charge is 2.32. The summed E-state index contributed by atoms with van der Waals surface area (Å²) in [6.07, 6.45) is 6.98. The van der Waals surface area contributed by atoms with E-state index in [0.29, 0.717) is 18.3 Å². The molecule has 6 nitrogen and oxygen atoms in total. The summed E-state index contributed by atoms with van der Waals surface area (Å²) >= 11 is 0. The van der Waals surface area contributed by atoms with E-state index in [1.54, 1.807) is 6.20 Å². The van der Waals surface area contributed by atoms with E-state index < -0.39 is 0 Å². The summed E-state index contributed by atoms with van der Waals surface area (Å²) in [5, 5.41) is 5.34. The number of pyridine rings is 1. The Morgan fingerprint density at radius 2 is 1.96 bits per heavy atom.